The topological polar surface area (TPSA) is 70.1 Å². The van der Waals surface area contributed by atoms with Crippen molar-refractivity contribution in [3.63, 3.8) is 0 Å². The van der Waals surface area contributed by atoms with E-state index in [4.69, 9.17) is 4.74 Å². The Morgan fingerprint density at radius 3 is 2.29 bits per heavy atom. The number of hydrogen-bond donors (Lipinski definition) is 1. The first kappa shape index (κ1) is 18.4. The van der Waals surface area contributed by atoms with Gasteiger partial charge in [0.05, 0.1) is 0 Å². The van der Waals surface area contributed by atoms with Crippen LogP contribution in [0.25, 0.3) is 0 Å². The predicted molar refractivity (Wildman–Crippen MR) is 95.5 cm³/mol. The summed E-state index contributed by atoms with van der Waals surface area (Å²) < 4.78 is 5.42. The zero-order chi connectivity index (χ0) is 18.1. The Morgan fingerprint density at radius 1 is 1.25 bits per heavy atom. The number of nitrogens with zero attached hydrogens (tertiary/aromatic N) is 2. The highest BCUT2D eigenvalue weighted by Crippen LogP contribution is 2.42. The van der Waals surface area contributed by atoms with Crippen molar-refractivity contribution >= 4 is 29.5 Å². The van der Waals surface area contributed by atoms with Crippen LogP contribution in [0.5, 0.6) is 0 Å². The molecule has 1 aromatic carbocycles. The zero-order valence-corrected chi connectivity index (χ0v) is 15.5. The van der Waals surface area contributed by atoms with Gasteiger partial charge in [-0.05, 0) is 38.5 Å². The minimum absolute atomic E-state index is 0.342. The monoisotopic (exact) mass is 352 g/mol. The Kier molecular flexibility index (Phi) is 5.32. The van der Waals surface area contributed by atoms with E-state index in [-0.39, 0.29) is 5.37 Å². The fourth-order valence-corrected chi connectivity index (χ4v) is 3.84. The second-order valence-electron chi connectivity index (χ2n) is 6.91. The highest BCUT2D eigenvalue weighted by molar-refractivity contribution is 7.99. The number of rotatable bonds is 3. The van der Waals surface area contributed by atoms with E-state index in [1.807, 2.05) is 43.3 Å². The third kappa shape index (κ3) is 4.14. The number of ether oxygens (including phenoxy) is 1. The van der Waals surface area contributed by atoms with Gasteiger partial charge in [-0.25, -0.2) is 9.59 Å². The maximum atomic E-state index is 12.6. The van der Waals surface area contributed by atoms with Crippen molar-refractivity contribution in [1.82, 2.24) is 4.90 Å². The van der Waals surface area contributed by atoms with Gasteiger partial charge in [0.2, 0.25) is 0 Å². The van der Waals surface area contributed by atoms with Crippen LogP contribution in [0.3, 0.4) is 0 Å². The fourth-order valence-electron chi connectivity index (χ4n) is 2.43. The highest BCUT2D eigenvalue weighted by Gasteiger charge is 2.44. The summed E-state index contributed by atoms with van der Waals surface area (Å²) in [4.78, 5) is 27.4. The molecular formula is C17H24N2O4S. The summed E-state index contributed by atoms with van der Waals surface area (Å²) in [6.07, 6.45) is -0.596. The van der Waals surface area contributed by atoms with Gasteiger partial charge in [0.1, 0.15) is 17.0 Å². The minimum Gasteiger partial charge on any atom is -0.480 e. The number of carbonyl (C=O) groups excluding carboxylic acids is 1. The molecule has 1 aromatic rings. The molecule has 7 heteroatoms. The molecule has 1 aliphatic heterocycles. The van der Waals surface area contributed by atoms with Crippen LogP contribution >= 0.6 is 11.8 Å². The van der Waals surface area contributed by atoms with Crippen LogP contribution in [0.2, 0.25) is 0 Å². The number of amides is 1. The van der Waals surface area contributed by atoms with Crippen LogP contribution in [0.4, 0.5) is 10.5 Å². The lowest BCUT2D eigenvalue weighted by Gasteiger charge is -2.30. The van der Waals surface area contributed by atoms with Gasteiger partial charge in [-0.1, -0.05) is 12.1 Å². The molecule has 0 saturated carbocycles. The first-order valence-corrected chi connectivity index (χ1v) is 8.78. The molecule has 2 atom stereocenters. The number of carboxylic acid groups (broad SMARTS) is 1. The molecule has 1 saturated heterocycles. The van der Waals surface area contributed by atoms with Crippen LogP contribution in [-0.2, 0) is 9.53 Å². The average Bonchev–Trinajstić information content (AvgIpc) is 2.90. The molecule has 2 unspecified atom stereocenters. The molecule has 24 heavy (non-hydrogen) atoms. The van der Waals surface area contributed by atoms with Crippen LogP contribution in [0.15, 0.2) is 24.3 Å². The quantitative estimate of drug-likeness (QED) is 0.901. The van der Waals surface area contributed by atoms with Crippen molar-refractivity contribution < 1.29 is 19.4 Å². The largest absolute Gasteiger partial charge is 0.480 e. The van der Waals surface area contributed by atoms with Crippen molar-refractivity contribution in [2.24, 2.45) is 0 Å². The van der Waals surface area contributed by atoms with Crippen molar-refractivity contribution in [2.75, 3.05) is 24.7 Å². The Balaban J connectivity index is 2.29. The van der Waals surface area contributed by atoms with Gasteiger partial charge in [0.25, 0.3) is 0 Å². The lowest BCUT2D eigenvalue weighted by atomic mass is 10.1. The van der Waals surface area contributed by atoms with Crippen molar-refractivity contribution in [3.8, 4) is 0 Å². The summed E-state index contributed by atoms with van der Waals surface area (Å²) in [7, 11) is 3.90. The van der Waals surface area contributed by atoms with E-state index in [0.29, 0.717) is 5.75 Å². The van der Waals surface area contributed by atoms with E-state index in [1.54, 1.807) is 20.8 Å². The number of aliphatic carboxylic acids is 1. The lowest BCUT2D eigenvalue weighted by molar-refractivity contribution is -0.142. The summed E-state index contributed by atoms with van der Waals surface area (Å²) in [6.45, 7) is 5.31. The van der Waals surface area contributed by atoms with Crippen molar-refractivity contribution in [1.29, 1.82) is 0 Å². The molecule has 6 nitrogen and oxygen atoms in total. The molecule has 0 aromatic heterocycles. The van der Waals surface area contributed by atoms with Crippen molar-refractivity contribution in [2.45, 2.75) is 37.8 Å². The molecule has 1 heterocycles. The summed E-state index contributed by atoms with van der Waals surface area (Å²) in [5.41, 5.74) is 1.26. The van der Waals surface area contributed by atoms with E-state index in [9.17, 15) is 14.7 Å². The third-order valence-electron chi connectivity index (χ3n) is 3.58. The van der Waals surface area contributed by atoms with E-state index in [1.165, 1.54) is 16.7 Å². The van der Waals surface area contributed by atoms with Crippen LogP contribution in [-0.4, -0.2) is 53.6 Å². The second-order valence-corrected chi connectivity index (χ2v) is 8.03. The van der Waals surface area contributed by atoms with Gasteiger partial charge in [0, 0.05) is 25.5 Å². The molecular weight excluding hydrogens is 328 g/mol. The van der Waals surface area contributed by atoms with Crippen LogP contribution in [0, 0.1) is 0 Å². The predicted octanol–water partition coefficient (Wildman–Crippen LogP) is 3.19. The summed E-state index contributed by atoms with van der Waals surface area (Å²) in [5, 5.41) is 9.08. The van der Waals surface area contributed by atoms with E-state index >= 15 is 0 Å². The first-order valence-electron chi connectivity index (χ1n) is 7.73. The molecule has 1 amide bonds. The van der Waals surface area contributed by atoms with E-state index in [0.717, 1.165) is 11.3 Å². The summed E-state index contributed by atoms with van der Waals surface area (Å²) in [5.74, 6) is -0.671. The van der Waals surface area contributed by atoms with Gasteiger partial charge in [-0.2, -0.15) is 0 Å². The normalized spacial score (nSPS) is 20.8. The Bertz CT molecular complexity index is 610. The first-order chi connectivity index (χ1) is 11.1. The fraction of sp³-hybridized carbons (Fsp3) is 0.529. The minimum atomic E-state index is -1.01. The third-order valence-corrected chi connectivity index (χ3v) is 4.91. The van der Waals surface area contributed by atoms with Gasteiger partial charge >= 0.3 is 12.1 Å². The molecule has 1 N–H and O–H groups in total. The number of anilines is 1. The highest BCUT2D eigenvalue weighted by atomic mass is 32.2. The molecule has 2 rings (SSSR count). The maximum Gasteiger partial charge on any atom is 0.412 e. The van der Waals surface area contributed by atoms with Gasteiger partial charge in [-0.3, -0.25) is 4.90 Å². The smallest absolute Gasteiger partial charge is 0.412 e. The maximum absolute atomic E-state index is 12.6. The Morgan fingerprint density at radius 2 is 1.83 bits per heavy atom. The van der Waals surface area contributed by atoms with Crippen LogP contribution in [0.1, 0.15) is 31.7 Å². The molecule has 0 radical (unpaired) electrons. The van der Waals surface area contributed by atoms with Crippen LogP contribution < -0.4 is 4.90 Å². The molecule has 1 aliphatic rings. The summed E-state index contributed by atoms with van der Waals surface area (Å²) >= 11 is 1.44. The van der Waals surface area contributed by atoms with Gasteiger partial charge < -0.3 is 14.7 Å². The molecule has 132 valence electrons. The Labute approximate surface area is 146 Å². The average molecular weight is 352 g/mol. The molecule has 0 aliphatic carbocycles. The second kappa shape index (κ2) is 6.93. The zero-order valence-electron chi connectivity index (χ0n) is 14.6. The van der Waals surface area contributed by atoms with Crippen molar-refractivity contribution in [3.05, 3.63) is 29.8 Å². The molecule has 0 spiro atoms. The lowest BCUT2D eigenvalue weighted by Crippen LogP contribution is -2.45. The number of hydrogen-bond acceptors (Lipinski definition) is 5. The SMILES string of the molecule is CN(C)c1ccc(C2SCC(C(=O)O)N2C(=O)OC(C)(C)C)cc1. The standard InChI is InChI=1S/C17H24N2O4S/c1-17(2,3)23-16(22)19-13(15(20)21)10-24-14(19)11-6-8-12(9-7-11)18(4)5/h6-9,13-14H,10H2,1-5H3,(H,20,21). The number of benzene rings is 1. The summed E-state index contributed by atoms with van der Waals surface area (Å²) in [6, 6.07) is 6.88. The number of carbonyl (C=O) groups is 2. The Hall–Kier alpha value is -1.89. The molecule has 1 fully saturated rings. The van der Waals surface area contributed by atoms with Gasteiger partial charge in [0.15, 0.2) is 0 Å². The number of thioether (sulfide) groups is 1. The van der Waals surface area contributed by atoms with Gasteiger partial charge in [-0.15, -0.1) is 11.8 Å². The van der Waals surface area contributed by atoms with E-state index < -0.39 is 23.7 Å². The number of carboxylic acids is 1. The molecule has 0 bridgehead atoms. The van der Waals surface area contributed by atoms with E-state index in [2.05, 4.69) is 0 Å².